The fraction of sp³-hybridized carbons (Fsp3) is 0.667. The number of ether oxygens (including phenoxy) is 2. The first-order valence-electron chi connectivity index (χ1n) is 8.56. The second kappa shape index (κ2) is 8.90. The SMILES string of the molecule is CCCOc1c(CN2CCC[C@](O)(CO)CC2)cc(Cl)cc1OC. The lowest BCUT2D eigenvalue weighted by molar-refractivity contribution is -0.0255. The van der Waals surface area contributed by atoms with Crippen molar-refractivity contribution in [3.63, 3.8) is 0 Å². The third kappa shape index (κ3) is 4.99. The summed E-state index contributed by atoms with van der Waals surface area (Å²) >= 11 is 6.23. The van der Waals surface area contributed by atoms with E-state index in [1.807, 2.05) is 6.07 Å². The van der Waals surface area contributed by atoms with Crippen LogP contribution in [0.4, 0.5) is 0 Å². The third-order valence-corrected chi connectivity index (χ3v) is 4.68. The molecule has 2 N–H and O–H groups in total. The summed E-state index contributed by atoms with van der Waals surface area (Å²) in [5.41, 5.74) is 0.0321. The lowest BCUT2D eigenvalue weighted by Crippen LogP contribution is -2.34. The van der Waals surface area contributed by atoms with E-state index in [9.17, 15) is 10.2 Å². The van der Waals surface area contributed by atoms with Gasteiger partial charge in [0.2, 0.25) is 0 Å². The third-order valence-electron chi connectivity index (χ3n) is 4.47. The van der Waals surface area contributed by atoms with Crippen molar-refractivity contribution in [2.75, 3.05) is 33.4 Å². The molecule has 1 heterocycles. The molecule has 5 nitrogen and oxygen atoms in total. The summed E-state index contributed by atoms with van der Waals surface area (Å²) < 4.78 is 11.3. The van der Waals surface area contributed by atoms with Gasteiger partial charge < -0.3 is 19.7 Å². The molecular formula is C18H28ClNO4. The minimum Gasteiger partial charge on any atom is -0.493 e. The molecule has 0 amide bonds. The Balaban J connectivity index is 2.17. The summed E-state index contributed by atoms with van der Waals surface area (Å²) in [4.78, 5) is 2.26. The molecule has 24 heavy (non-hydrogen) atoms. The Hall–Kier alpha value is -1.01. The Bertz CT molecular complexity index is 540. The van der Waals surface area contributed by atoms with Crippen molar-refractivity contribution < 1.29 is 19.7 Å². The minimum atomic E-state index is -0.956. The molecule has 0 saturated carbocycles. The van der Waals surface area contributed by atoms with E-state index in [2.05, 4.69) is 11.8 Å². The zero-order valence-electron chi connectivity index (χ0n) is 14.6. The molecule has 136 valence electrons. The number of likely N-dealkylation sites (tertiary alicyclic amines) is 1. The van der Waals surface area contributed by atoms with Gasteiger partial charge in [-0.15, -0.1) is 0 Å². The fourth-order valence-electron chi connectivity index (χ4n) is 3.05. The van der Waals surface area contributed by atoms with E-state index in [4.69, 9.17) is 21.1 Å². The van der Waals surface area contributed by atoms with E-state index < -0.39 is 5.60 Å². The molecule has 2 rings (SSSR count). The van der Waals surface area contributed by atoms with E-state index in [-0.39, 0.29) is 6.61 Å². The van der Waals surface area contributed by atoms with Crippen LogP contribution in [0.2, 0.25) is 5.02 Å². The van der Waals surface area contributed by atoms with Crippen LogP contribution >= 0.6 is 11.6 Å². The zero-order chi connectivity index (χ0) is 17.6. The number of hydrogen-bond donors (Lipinski definition) is 2. The van der Waals surface area contributed by atoms with Crippen molar-refractivity contribution in [1.29, 1.82) is 0 Å². The second-order valence-electron chi connectivity index (χ2n) is 6.46. The van der Waals surface area contributed by atoms with Crippen LogP contribution in [0.25, 0.3) is 0 Å². The molecule has 0 bridgehead atoms. The largest absolute Gasteiger partial charge is 0.493 e. The van der Waals surface area contributed by atoms with Gasteiger partial charge in [-0.05, 0) is 38.3 Å². The first-order chi connectivity index (χ1) is 11.5. The number of rotatable bonds is 7. The van der Waals surface area contributed by atoms with Crippen LogP contribution in [0.1, 0.15) is 38.2 Å². The van der Waals surface area contributed by atoms with Crippen LogP contribution in [0, 0.1) is 0 Å². The Labute approximate surface area is 149 Å². The molecule has 1 saturated heterocycles. The molecule has 1 aliphatic heterocycles. The van der Waals surface area contributed by atoms with Crippen LogP contribution < -0.4 is 9.47 Å². The maximum atomic E-state index is 10.3. The highest BCUT2D eigenvalue weighted by Gasteiger charge is 2.29. The van der Waals surface area contributed by atoms with Gasteiger partial charge in [0.15, 0.2) is 11.5 Å². The molecule has 0 radical (unpaired) electrons. The molecule has 1 atom stereocenters. The Morgan fingerprint density at radius 2 is 2.08 bits per heavy atom. The van der Waals surface area contributed by atoms with Crippen molar-refractivity contribution in [3.8, 4) is 11.5 Å². The van der Waals surface area contributed by atoms with Crippen molar-refractivity contribution in [1.82, 2.24) is 4.90 Å². The number of methoxy groups -OCH3 is 1. The number of aliphatic hydroxyl groups is 2. The van der Waals surface area contributed by atoms with E-state index in [1.165, 1.54) is 0 Å². The van der Waals surface area contributed by atoms with Crippen molar-refractivity contribution in [2.24, 2.45) is 0 Å². The van der Waals surface area contributed by atoms with Gasteiger partial charge in [0.05, 0.1) is 25.9 Å². The average Bonchev–Trinajstić information content (AvgIpc) is 2.76. The van der Waals surface area contributed by atoms with Gasteiger partial charge in [0, 0.05) is 29.7 Å². The Morgan fingerprint density at radius 3 is 2.75 bits per heavy atom. The maximum absolute atomic E-state index is 10.3. The number of aliphatic hydroxyl groups excluding tert-OH is 1. The van der Waals surface area contributed by atoms with E-state index in [0.717, 1.165) is 37.2 Å². The molecule has 0 aliphatic carbocycles. The van der Waals surface area contributed by atoms with Crippen LogP contribution in [-0.4, -0.2) is 54.1 Å². The van der Waals surface area contributed by atoms with Gasteiger partial charge in [-0.3, -0.25) is 4.90 Å². The zero-order valence-corrected chi connectivity index (χ0v) is 15.3. The van der Waals surface area contributed by atoms with Crippen LogP contribution in [0.15, 0.2) is 12.1 Å². The van der Waals surface area contributed by atoms with Crippen molar-refractivity contribution >= 4 is 11.6 Å². The lowest BCUT2D eigenvalue weighted by atomic mass is 9.96. The van der Waals surface area contributed by atoms with Gasteiger partial charge in [-0.1, -0.05) is 18.5 Å². The molecular weight excluding hydrogens is 330 g/mol. The number of hydrogen-bond acceptors (Lipinski definition) is 5. The molecule has 0 aromatic heterocycles. The summed E-state index contributed by atoms with van der Waals surface area (Å²) in [6.07, 6.45) is 2.95. The predicted octanol–water partition coefficient (Wildman–Crippen LogP) is 2.85. The highest BCUT2D eigenvalue weighted by atomic mass is 35.5. The highest BCUT2D eigenvalue weighted by molar-refractivity contribution is 6.30. The van der Waals surface area contributed by atoms with Gasteiger partial charge in [-0.2, -0.15) is 0 Å². The average molecular weight is 358 g/mol. The monoisotopic (exact) mass is 357 g/mol. The van der Waals surface area contributed by atoms with E-state index in [0.29, 0.717) is 36.8 Å². The van der Waals surface area contributed by atoms with Gasteiger partial charge in [0.25, 0.3) is 0 Å². The van der Waals surface area contributed by atoms with Gasteiger partial charge >= 0.3 is 0 Å². The fourth-order valence-corrected chi connectivity index (χ4v) is 3.28. The van der Waals surface area contributed by atoms with Crippen molar-refractivity contribution in [2.45, 2.75) is 44.8 Å². The minimum absolute atomic E-state index is 0.184. The van der Waals surface area contributed by atoms with E-state index in [1.54, 1.807) is 13.2 Å². The molecule has 1 aromatic rings. The highest BCUT2D eigenvalue weighted by Crippen LogP contribution is 2.36. The van der Waals surface area contributed by atoms with E-state index >= 15 is 0 Å². The summed E-state index contributed by atoms with van der Waals surface area (Å²) in [5.74, 6) is 1.39. The summed E-state index contributed by atoms with van der Waals surface area (Å²) in [6, 6.07) is 3.68. The summed E-state index contributed by atoms with van der Waals surface area (Å²) in [7, 11) is 1.61. The smallest absolute Gasteiger partial charge is 0.165 e. The Morgan fingerprint density at radius 1 is 1.29 bits per heavy atom. The predicted molar refractivity (Wildman–Crippen MR) is 95.0 cm³/mol. The van der Waals surface area contributed by atoms with Gasteiger partial charge in [-0.25, -0.2) is 0 Å². The second-order valence-corrected chi connectivity index (χ2v) is 6.89. The standard InChI is InChI=1S/C18H28ClNO4/c1-3-9-24-17-14(10-15(19)11-16(17)23-2)12-20-7-4-5-18(22,13-21)6-8-20/h10-11,21-22H,3-9,12-13H2,1-2H3/t18-/m1/s1. The molecule has 0 spiro atoms. The summed E-state index contributed by atoms with van der Waals surface area (Å²) in [6.45, 7) is 4.76. The van der Waals surface area contributed by atoms with Crippen molar-refractivity contribution in [3.05, 3.63) is 22.7 Å². The normalized spacial score (nSPS) is 22.2. The maximum Gasteiger partial charge on any atom is 0.165 e. The first kappa shape index (κ1) is 19.3. The first-order valence-corrected chi connectivity index (χ1v) is 8.94. The number of nitrogens with zero attached hydrogens (tertiary/aromatic N) is 1. The van der Waals surface area contributed by atoms with Crippen LogP contribution in [0.3, 0.4) is 0 Å². The lowest BCUT2D eigenvalue weighted by Gasteiger charge is -2.25. The molecule has 0 unspecified atom stereocenters. The molecule has 6 heteroatoms. The van der Waals surface area contributed by atoms with Gasteiger partial charge in [0.1, 0.15) is 0 Å². The molecule has 1 aliphatic rings. The van der Waals surface area contributed by atoms with Crippen LogP contribution in [-0.2, 0) is 6.54 Å². The number of benzene rings is 1. The quantitative estimate of drug-likeness (QED) is 0.785. The van der Waals surface area contributed by atoms with Crippen LogP contribution in [0.5, 0.6) is 11.5 Å². The molecule has 1 fully saturated rings. The number of halogens is 1. The molecule has 1 aromatic carbocycles. The summed E-state index contributed by atoms with van der Waals surface area (Å²) in [5, 5.41) is 20.3. The Kier molecular flexibility index (Phi) is 7.16. The topological polar surface area (TPSA) is 62.2 Å².